The minimum absolute atomic E-state index is 0.716. The van der Waals surface area contributed by atoms with Crippen molar-refractivity contribution in [1.82, 2.24) is 0 Å². The number of hydrogen-bond donors (Lipinski definition) is 1. The normalized spacial score (nSPS) is 9.67. The Morgan fingerprint density at radius 2 is 2.11 bits per heavy atom. The first kappa shape index (κ1) is 7.45. The molecule has 0 saturated heterocycles. The quantitative estimate of drug-likeness (QED) is 0.641. The van der Waals surface area contributed by atoms with E-state index in [1.165, 1.54) is 0 Å². The van der Waals surface area contributed by atoms with Gasteiger partial charge in [-0.2, -0.15) is 0 Å². The lowest BCUT2D eigenvalue weighted by atomic mass is 10.4. The number of hydrogen-bond acceptors (Lipinski definition) is 1. The molecule has 0 aromatic heterocycles. The third-order valence-electron chi connectivity index (χ3n) is 0.903. The summed E-state index contributed by atoms with van der Waals surface area (Å²) < 4.78 is 0.886. The van der Waals surface area contributed by atoms with Gasteiger partial charge in [-0.3, -0.25) is 0 Å². The maximum absolute atomic E-state index is 5.70. The fraction of sp³-hybridized carbons (Fsp3) is 0. The number of thiol groups is 1. The van der Waals surface area contributed by atoms with Crippen LogP contribution < -0.4 is 0 Å². The van der Waals surface area contributed by atoms with Crippen molar-refractivity contribution >= 4 is 40.2 Å². The van der Waals surface area contributed by atoms with Gasteiger partial charge in [0.1, 0.15) is 0 Å². The molecule has 0 unspecified atom stereocenters. The Labute approximate surface area is 72.8 Å². The zero-order chi connectivity index (χ0) is 6.85. The van der Waals surface area contributed by atoms with Crippen LogP contribution >= 0.6 is 40.2 Å². The van der Waals surface area contributed by atoms with E-state index in [0.717, 1.165) is 9.37 Å². The number of halogens is 2. The molecule has 0 nitrogen and oxygen atoms in total. The highest BCUT2D eigenvalue weighted by atomic mass is 79.9. The summed E-state index contributed by atoms with van der Waals surface area (Å²) in [5.74, 6) is 0. The van der Waals surface area contributed by atoms with E-state index in [-0.39, 0.29) is 0 Å². The summed E-state index contributed by atoms with van der Waals surface area (Å²) in [5, 5.41) is 0.716. The van der Waals surface area contributed by atoms with E-state index in [1.54, 1.807) is 6.07 Å². The molecule has 1 rings (SSSR count). The summed E-state index contributed by atoms with van der Waals surface area (Å²) in [6.45, 7) is 0. The highest BCUT2D eigenvalue weighted by Crippen LogP contribution is 2.24. The maximum atomic E-state index is 5.70. The van der Waals surface area contributed by atoms with Crippen molar-refractivity contribution in [3.05, 3.63) is 27.7 Å². The maximum Gasteiger partial charge on any atom is 0.0548 e. The molecular weight excluding hydrogens is 219 g/mol. The molecule has 0 radical (unpaired) electrons. The standard InChI is InChI=1S/C6H4BrClS/c7-5-3-4(9)1-2-6(5)8/h1-3,9H. The van der Waals surface area contributed by atoms with E-state index < -0.39 is 0 Å². The lowest BCUT2D eigenvalue weighted by Gasteiger charge is -1.94. The van der Waals surface area contributed by atoms with Gasteiger partial charge in [-0.05, 0) is 34.1 Å². The minimum atomic E-state index is 0.716. The highest BCUT2D eigenvalue weighted by Gasteiger charge is 1.93. The molecule has 0 N–H and O–H groups in total. The molecule has 3 heteroatoms. The fourth-order valence-corrected chi connectivity index (χ4v) is 1.36. The lowest BCUT2D eigenvalue weighted by Crippen LogP contribution is -1.67. The van der Waals surface area contributed by atoms with Crippen molar-refractivity contribution in [2.24, 2.45) is 0 Å². The Morgan fingerprint density at radius 3 is 2.56 bits per heavy atom. The first-order valence-corrected chi connectivity index (χ1v) is 3.96. The SMILES string of the molecule is Sc1ccc(Cl)c(Br)c1. The molecule has 1 aromatic carbocycles. The van der Waals surface area contributed by atoms with Gasteiger partial charge in [-0.1, -0.05) is 11.6 Å². The number of rotatable bonds is 0. The molecule has 0 bridgehead atoms. The first-order chi connectivity index (χ1) is 4.20. The molecule has 48 valence electrons. The molecule has 0 amide bonds. The van der Waals surface area contributed by atoms with Crippen LogP contribution in [0.15, 0.2) is 27.6 Å². The van der Waals surface area contributed by atoms with Crippen LogP contribution in [0.2, 0.25) is 5.02 Å². The summed E-state index contributed by atoms with van der Waals surface area (Å²) in [7, 11) is 0. The highest BCUT2D eigenvalue weighted by molar-refractivity contribution is 9.10. The predicted octanol–water partition coefficient (Wildman–Crippen LogP) is 3.39. The van der Waals surface area contributed by atoms with Crippen molar-refractivity contribution in [3.8, 4) is 0 Å². The van der Waals surface area contributed by atoms with Gasteiger partial charge < -0.3 is 0 Å². The van der Waals surface area contributed by atoms with Crippen LogP contribution in [0.4, 0.5) is 0 Å². The van der Waals surface area contributed by atoms with Crippen molar-refractivity contribution in [3.63, 3.8) is 0 Å². The van der Waals surface area contributed by atoms with Crippen molar-refractivity contribution in [2.45, 2.75) is 4.90 Å². The van der Waals surface area contributed by atoms with Gasteiger partial charge >= 0.3 is 0 Å². The Morgan fingerprint density at radius 1 is 1.44 bits per heavy atom. The van der Waals surface area contributed by atoms with Gasteiger partial charge in [-0.25, -0.2) is 0 Å². The molecule has 9 heavy (non-hydrogen) atoms. The van der Waals surface area contributed by atoms with E-state index >= 15 is 0 Å². The molecule has 0 aliphatic heterocycles. The van der Waals surface area contributed by atoms with Crippen LogP contribution in [0.3, 0.4) is 0 Å². The van der Waals surface area contributed by atoms with Crippen LogP contribution in [0.5, 0.6) is 0 Å². The molecule has 0 saturated carbocycles. The minimum Gasteiger partial charge on any atom is -0.143 e. The van der Waals surface area contributed by atoms with Crippen molar-refractivity contribution in [2.75, 3.05) is 0 Å². The van der Waals surface area contributed by atoms with Gasteiger partial charge in [0.15, 0.2) is 0 Å². The van der Waals surface area contributed by atoms with E-state index in [1.807, 2.05) is 12.1 Å². The summed E-state index contributed by atoms with van der Waals surface area (Å²) in [5.41, 5.74) is 0. The average molecular weight is 224 g/mol. The Balaban J connectivity index is 3.17. The Hall–Kier alpha value is 0.340. The zero-order valence-corrected chi connectivity index (χ0v) is 7.67. The van der Waals surface area contributed by atoms with Crippen LogP contribution in [-0.4, -0.2) is 0 Å². The van der Waals surface area contributed by atoms with Gasteiger partial charge in [0, 0.05) is 9.37 Å². The van der Waals surface area contributed by atoms with Crippen LogP contribution in [-0.2, 0) is 0 Å². The van der Waals surface area contributed by atoms with Gasteiger partial charge in [0.2, 0.25) is 0 Å². The van der Waals surface area contributed by atoms with Gasteiger partial charge in [0.05, 0.1) is 5.02 Å². The summed E-state index contributed by atoms with van der Waals surface area (Å²) in [6, 6.07) is 5.50. The first-order valence-electron chi connectivity index (χ1n) is 2.34. The van der Waals surface area contributed by atoms with Gasteiger partial charge in [-0.15, -0.1) is 12.6 Å². The molecule has 1 aromatic rings. The van der Waals surface area contributed by atoms with E-state index in [0.29, 0.717) is 5.02 Å². The largest absolute Gasteiger partial charge is 0.143 e. The van der Waals surface area contributed by atoms with E-state index in [4.69, 9.17) is 11.6 Å². The summed E-state index contributed by atoms with van der Waals surface area (Å²) >= 11 is 13.1. The second-order valence-electron chi connectivity index (χ2n) is 1.60. The predicted molar refractivity (Wildman–Crippen MR) is 46.4 cm³/mol. The smallest absolute Gasteiger partial charge is 0.0548 e. The van der Waals surface area contributed by atoms with Gasteiger partial charge in [0.25, 0.3) is 0 Å². The lowest BCUT2D eigenvalue weighted by molar-refractivity contribution is 1.45. The number of benzene rings is 1. The van der Waals surface area contributed by atoms with Crippen molar-refractivity contribution < 1.29 is 0 Å². The topological polar surface area (TPSA) is 0 Å². The second-order valence-corrected chi connectivity index (χ2v) is 3.38. The Kier molecular flexibility index (Phi) is 2.44. The van der Waals surface area contributed by atoms with E-state index in [2.05, 4.69) is 28.6 Å². The molecule has 0 heterocycles. The third-order valence-corrected chi connectivity index (χ3v) is 2.40. The molecule has 0 spiro atoms. The molecular formula is C6H4BrClS. The molecule has 0 aliphatic rings. The third kappa shape index (κ3) is 1.88. The summed E-state index contributed by atoms with van der Waals surface area (Å²) in [4.78, 5) is 0.909. The van der Waals surface area contributed by atoms with Crippen LogP contribution in [0.1, 0.15) is 0 Å². The second kappa shape index (κ2) is 2.95. The molecule has 0 fully saturated rings. The van der Waals surface area contributed by atoms with E-state index in [9.17, 15) is 0 Å². The van der Waals surface area contributed by atoms with Crippen LogP contribution in [0, 0.1) is 0 Å². The Bertz CT molecular complexity index is 224. The zero-order valence-electron chi connectivity index (χ0n) is 4.44. The monoisotopic (exact) mass is 222 g/mol. The van der Waals surface area contributed by atoms with Crippen molar-refractivity contribution in [1.29, 1.82) is 0 Å². The average Bonchev–Trinajstić information content (AvgIpc) is 1.80. The molecule has 0 aliphatic carbocycles. The fourth-order valence-electron chi connectivity index (χ4n) is 0.485. The molecule has 0 atom stereocenters. The summed E-state index contributed by atoms with van der Waals surface area (Å²) in [6.07, 6.45) is 0. The van der Waals surface area contributed by atoms with Crippen LogP contribution in [0.25, 0.3) is 0 Å².